The molecule has 0 fully saturated rings. The monoisotopic (exact) mass is 507 g/mol. The van der Waals surface area contributed by atoms with Crippen molar-refractivity contribution in [1.29, 1.82) is 5.26 Å². The van der Waals surface area contributed by atoms with Crippen molar-refractivity contribution in [3.63, 3.8) is 0 Å². The molecule has 40 heavy (non-hydrogen) atoms. The van der Waals surface area contributed by atoms with Crippen molar-refractivity contribution >= 4 is 0 Å². The summed E-state index contributed by atoms with van der Waals surface area (Å²) in [7, 11) is 0. The molecule has 0 atom stereocenters. The molecule has 6 aromatic carbocycles. The van der Waals surface area contributed by atoms with Crippen LogP contribution in [0.4, 0.5) is 0 Å². The maximum absolute atomic E-state index is 9.57. The molecule has 1 spiro atoms. The first-order chi connectivity index (χ1) is 19.8. The molecule has 0 N–H and O–H groups in total. The Morgan fingerprint density at radius 2 is 1.07 bits per heavy atom. The zero-order chi connectivity index (χ0) is 26.7. The Balaban J connectivity index is 1.49. The van der Waals surface area contributed by atoms with Crippen LogP contribution in [-0.4, -0.2) is 0 Å². The van der Waals surface area contributed by atoms with Gasteiger partial charge in [-0.15, -0.1) is 0 Å². The van der Waals surface area contributed by atoms with Crippen LogP contribution < -0.4 is 0 Å². The van der Waals surface area contributed by atoms with Gasteiger partial charge in [-0.05, 0) is 79.4 Å². The predicted octanol–water partition coefficient (Wildman–Crippen LogP) is 9.08. The van der Waals surface area contributed by atoms with Gasteiger partial charge in [0.1, 0.15) is 0 Å². The highest BCUT2D eigenvalue weighted by molar-refractivity contribution is 5.90. The van der Waals surface area contributed by atoms with Crippen LogP contribution in [0.1, 0.15) is 50.4 Å². The zero-order valence-electron chi connectivity index (χ0n) is 21.9. The van der Waals surface area contributed by atoms with E-state index in [1.54, 1.807) is 0 Å². The second-order valence-corrected chi connectivity index (χ2v) is 10.8. The predicted molar refractivity (Wildman–Crippen MR) is 161 cm³/mol. The molecule has 8 rings (SSSR count). The summed E-state index contributed by atoms with van der Waals surface area (Å²) < 4.78 is 0. The number of benzene rings is 6. The Morgan fingerprint density at radius 3 is 1.80 bits per heavy atom. The molecule has 186 valence electrons. The van der Waals surface area contributed by atoms with Crippen LogP contribution in [0.2, 0.25) is 0 Å². The Hall–Kier alpha value is -5.19. The van der Waals surface area contributed by atoms with Gasteiger partial charge in [0.2, 0.25) is 0 Å². The number of hydrogen-bond donors (Lipinski definition) is 0. The fourth-order valence-corrected chi connectivity index (χ4v) is 7.31. The van der Waals surface area contributed by atoms with E-state index >= 15 is 0 Å². The first-order valence-corrected chi connectivity index (χ1v) is 13.8. The van der Waals surface area contributed by atoms with Gasteiger partial charge in [-0.2, -0.15) is 5.26 Å². The molecule has 0 saturated heterocycles. The Bertz CT molecular complexity index is 1930. The standard InChI is InChI=1S/C39H25N/c40-25-26-11-10-14-28(23-26)29-21-22-31-30-15-4-7-18-34(30)39(37(31)24-29)35-19-8-5-16-32(35)38(27-12-2-1-3-13-27)33-17-6-9-20-36(33)39/h1-24,38H. The normalized spacial score (nSPS) is 17.8. The van der Waals surface area contributed by atoms with Gasteiger partial charge >= 0.3 is 0 Å². The van der Waals surface area contributed by atoms with Gasteiger partial charge in [-0.3, -0.25) is 0 Å². The molecule has 0 aliphatic heterocycles. The number of nitrogens with zero attached hydrogens (tertiary/aromatic N) is 1. The second kappa shape index (κ2) is 8.67. The highest BCUT2D eigenvalue weighted by Crippen LogP contribution is 2.62. The zero-order valence-corrected chi connectivity index (χ0v) is 21.9. The van der Waals surface area contributed by atoms with Gasteiger partial charge in [0.15, 0.2) is 0 Å². The summed E-state index contributed by atoms with van der Waals surface area (Å²) in [5.41, 5.74) is 14.3. The fourth-order valence-electron chi connectivity index (χ4n) is 7.31. The number of nitriles is 1. The lowest BCUT2D eigenvalue weighted by molar-refractivity contribution is 0.697. The van der Waals surface area contributed by atoms with Crippen LogP contribution >= 0.6 is 0 Å². The lowest BCUT2D eigenvalue weighted by atomic mass is 9.58. The van der Waals surface area contributed by atoms with E-state index in [0.29, 0.717) is 5.56 Å². The van der Waals surface area contributed by atoms with Gasteiger partial charge in [0.05, 0.1) is 17.0 Å². The summed E-state index contributed by atoms with van der Waals surface area (Å²) in [6.45, 7) is 0. The van der Waals surface area contributed by atoms with Crippen LogP contribution in [0, 0.1) is 11.3 Å². The lowest BCUT2D eigenvalue weighted by Gasteiger charge is -2.43. The van der Waals surface area contributed by atoms with E-state index in [1.807, 2.05) is 18.2 Å². The number of rotatable bonds is 2. The topological polar surface area (TPSA) is 23.8 Å². The van der Waals surface area contributed by atoms with Crippen molar-refractivity contribution in [2.24, 2.45) is 0 Å². The van der Waals surface area contributed by atoms with Crippen molar-refractivity contribution in [3.05, 3.63) is 190 Å². The molecule has 6 aromatic rings. The third kappa shape index (κ3) is 3.02. The van der Waals surface area contributed by atoms with E-state index in [0.717, 1.165) is 11.1 Å². The molecule has 0 aromatic heterocycles. The minimum atomic E-state index is -0.437. The summed E-state index contributed by atoms with van der Waals surface area (Å²) in [4.78, 5) is 0. The van der Waals surface area contributed by atoms with Gasteiger partial charge in [0, 0.05) is 5.92 Å². The van der Waals surface area contributed by atoms with Crippen molar-refractivity contribution in [1.82, 2.24) is 0 Å². The second-order valence-electron chi connectivity index (χ2n) is 10.8. The highest BCUT2D eigenvalue weighted by Gasteiger charge is 2.51. The van der Waals surface area contributed by atoms with E-state index in [2.05, 4.69) is 133 Å². The quantitative estimate of drug-likeness (QED) is 0.229. The first kappa shape index (κ1) is 22.8. The molecule has 1 nitrogen and oxygen atoms in total. The van der Waals surface area contributed by atoms with Crippen molar-refractivity contribution in [2.45, 2.75) is 11.3 Å². The van der Waals surface area contributed by atoms with Crippen LogP contribution in [0.5, 0.6) is 0 Å². The van der Waals surface area contributed by atoms with E-state index in [9.17, 15) is 5.26 Å². The Morgan fingerprint density at radius 1 is 0.475 bits per heavy atom. The van der Waals surface area contributed by atoms with E-state index in [-0.39, 0.29) is 5.92 Å². The van der Waals surface area contributed by atoms with Gasteiger partial charge < -0.3 is 0 Å². The van der Waals surface area contributed by atoms with Crippen LogP contribution in [-0.2, 0) is 5.41 Å². The Labute approximate surface area is 234 Å². The van der Waals surface area contributed by atoms with E-state index in [1.165, 1.54) is 50.1 Å². The molecular formula is C39H25N. The van der Waals surface area contributed by atoms with Crippen molar-refractivity contribution in [3.8, 4) is 28.3 Å². The molecular weight excluding hydrogens is 482 g/mol. The number of hydrogen-bond acceptors (Lipinski definition) is 1. The van der Waals surface area contributed by atoms with Gasteiger partial charge in [0.25, 0.3) is 0 Å². The fraction of sp³-hybridized carbons (Fsp3) is 0.0513. The van der Waals surface area contributed by atoms with Crippen molar-refractivity contribution < 1.29 is 0 Å². The van der Waals surface area contributed by atoms with Crippen molar-refractivity contribution in [2.75, 3.05) is 0 Å². The average Bonchev–Trinajstić information content (AvgIpc) is 3.32. The average molecular weight is 508 g/mol. The highest BCUT2D eigenvalue weighted by atomic mass is 14.5. The third-order valence-corrected chi connectivity index (χ3v) is 8.85. The summed E-state index contributed by atoms with van der Waals surface area (Å²) >= 11 is 0. The molecule has 0 saturated carbocycles. The molecule has 2 aliphatic carbocycles. The molecule has 0 amide bonds. The molecule has 0 unspecified atom stereocenters. The first-order valence-electron chi connectivity index (χ1n) is 13.8. The van der Waals surface area contributed by atoms with E-state index in [4.69, 9.17) is 0 Å². The molecule has 0 bridgehead atoms. The summed E-state index contributed by atoms with van der Waals surface area (Å²) in [5.74, 6) is 0.158. The SMILES string of the molecule is N#Cc1cccc(-c2ccc3c(c2)C2(c4ccccc4-3)c3ccccc3C(c3ccccc3)c3ccccc32)c1. The van der Waals surface area contributed by atoms with Crippen LogP contribution in [0.25, 0.3) is 22.3 Å². The summed E-state index contributed by atoms with van der Waals surface area (Å²) in [6, 6.07) is 55.0. The van der Waals surface area contributed by atoms with Crippen LogP contribution in [0.15, 0.2) is 146 Å². The molecule has 2 aliphatic rings. The largest absolute Gasteiger partial charge is 0.192 e. The lowest BCUT2D eigenvalue weighted by Crippen LogP contribution is -2.36. The smallest absolute Gasteiger partial charge is 0.0991 e. The van der Waals surface area contributed by atoms with E-state index < -0.39 is 5.41 Å². The molecule has 1 heteroatoms. The molecule has 0 radical (unpaired) electrons. The van der Waals surface area contributed by atoms with Crippen LogP contribution in [0.3, 0.4) is 0 Å². The summed E-state index contributed by atoms with van der Waals surface area (Å²) in [6.07, 6.45) is 0. The number of fused-ring (bicyclic) bond motifs is 9. The Kier molecular flexibility index (Phi) is 4.93. The third-order valence-electron chi connectivity index (χ3n) is 8.85. The molecule has 0 heterocycles. The maximum Gasteiger partial charge on any atom is 0.0991 e. The minimum absolute atomic E-state index is 0.158. The minimum Gasteiger partial charge on any atom is -0.192 e. The summed E-state index contributed by atoms with van der Waals surface area (Å²) in [5, 5.41) is 9.57. The van der Waals surface area contributed by atoms with Gasteiger partial charge in [-0.1, -0.05) is 127 Å². The van der Waals surface area contributed by atoms with Gasteiger partial charge in [-0.25, -0.2) is 0 Å². The maximum atomic E-state index is 9.57.